The molecular weight excluding hydrogens is 328 g/mol. The molecule has 2 bridgehead atoms. The zero-order valence-electron chi connectivity index (χ0n) is 11.3. The minimum absolute atomic E-state index is 0.0991. The zero-order valence-corrected chi connectivity index (χ0v) is 12.8. The standard InChI is InChI=1S/C13H11ClN4O3S/c14-7-2-1-3-8(4-7)17-13(22)18(16-15-17)9-5-10(19)12-20-6-11(9)21-12/h1-4,9,11-12H,5-6H2. The van der Waals surface area contributed by atoms with E-state index in [-0.39, 0.29) is 24.3 Å². The SMILES string of the molecule is O=C1CC(n2nnn(-c3cccc(Cl)c3)c2=S)C2COC1O2. The molecule has 2 saturated heterocycles. The van der Waals surface area contributed by atoms with Gasteiger partial charge in [0.25, 0.3) is 0 Å². The molecule has 2 fully saturated rings. The molecule has 0 N–H and O–H groups in total. The predicted octanol–water partition coefficient (Wildman–Crippen LogP) is 1.71. The second-order valence-electron chi connectivity index (χ2n) is 5.18. The maximum Gasteiger partial charge on any atom is 0.221 e. The Labute approximate surface area is 135 Å². The van der Waals surface area contributed by atoms with Crippen molar-refractivity contribution in [1.29, 1.82) is 0 Å². The van der Waals surface area contributed by atoms with E-state index in [4.69, 9.17) is 33.3 Å². The Bertz CT molecular complexity index is 805. The quantitative estimate of drug-likeness (QED) is 0.776. The van der Waals surface area contributed by atoms with E-state index in [0.29, 0.717) is 22.1 Å². The first-order chi connectivity index (χ1) is 10.6. The maximum atomic E-state index is 11.9. The van der Waals surface area contributed by atoms with E-state index in [2.05, 4.69) is 10.4 Å². The van der Waals surface area contributed by atoms with Crippen LogP contribution in [0.2, 0.25) is 5.02 Å². The van der Waals surface area contributed by atoms with E-state index in [1.165, 1.54) is 4.68 Å². The molecule has 0 saturated carbocycles. The van der Waals surface area contributed by atoms with Gasteiger partial charge in [-0.2, -0.15) is 4.68 Å². The lowest BCUT2D eigenvalue weighted by atomic mass is 10.0. The number of carbonyl (C=O) groups excluding carboxylic acids is 1. The molecule has 2 aliphatic heterocycles. The number of aromatic nitrogens is 4. The number of rotatable bonds is 2. The molecule has 0 aliphatic carbocycles. The van der Waals surface area contributed by atoms with Gasteiger partial charge in [-0.3, -0.25) is 4.79 Å². The summed E-state index contributed by atoms with van der Waals surface area (Å²) in [6.07, 6.45) is -0.699. The molecule has 9 heteroatoms. The number of hydrogen-bond acceptors (Lipinski definition) is 6. The fraction of sp³-hybridized carbons (Fsp3) is 0.385. The first kappa shape index (κ1) is 14.0. The number of nitrogens with zero attached hydrogens (tertiary/aromatic N) is 4. The Hall–Kier alpha value is -1.61. The topological polar surface area (TPSA) is 71.2 Å². The van der Waals surface area contributed by atoms with Crippen LogP contribution in [0.1, 0.15) is 12.5 Å². The van der Waals surface area contributed by atoms with E-state index in [1.54, 1.807) is 22.9 Å². The molecular formula is C13H11ClN4O3S. The van der Waals surface area contributed by atoms with E-state index in [0.717, 1.165) is 0 Å². The molecule has 4 rings (SSSR count). The Morgan fingerprint density at radius 3 is 3.05 bits per heavy atom. The average Bonchev–Trinajstić information content (AvgIpc) is 3.09. The van der Waals surface area contributed by atoms with Crippen LogP contribution in [-0.4, -0.2) is 44.6 Å². The number of fused-ring (bicyclic) bond motifs is 2. The average molecular weight is 339 g/mol. The fourth-order valence-electron chi connectivity index (χ4n) is 2.70. The van der Waals surface area contributed by atoms with Crippen LogP contribution in [0.25, 0.3) is 5.69 Å². The molecule has 7 nitrogen and oxygen atoms in total. The van der Waals surface area contributed by atoms with Gasteiger partial charge in [0.1, 0.15) is 6.10 Å². The van der Waals surface area contributed by atoms with E-state index >= 15 is 0 Å². The summed E-state index contributed by atoms with van der Waals surface area (Å²) in [5.74, 6) is -0.0991. The molecule has 3 atom stereocenters. The molecule has 0 radical (unpaired) electrons. The van der Waals surface area contributed by atoms with Gasteiger partial charge in [0.2, 0.25) is 11.1 Å². The maximum absolute atomic E-state index is 11.9. The number of ketones is 1. The molecule has 1 aromatic carbocycles. The molecule has 3 heterocycles. The lowest BCUT2D eigenvalue weighted by molar-refractivity contribution is -0.156. The number of benzene rings is 1. The third-order valence-electron chi connectivity index (χ3n) is 3.78. The van der Waals surface area contributed by atoms with Gasteiger partial charge in [0, 0.05) is 11.4 Å². The third kappa shape index (κ3) is 2.19. The van der Waals surface area contributed by atoms with Crippen LogP contribution in [0.3, 0.4) is 0 Å². The Morgan fingerprint density at radius 1 is 1.36 bits per heavy atom. The number of carbonyl (C=O) groups is 1. The third-order valence-corrected chi connectivity index (χ3v) is 4.38. The van der Waals surface area contributed by atoms with Crippen molar-refractivity contribution in [2.45, 2.75) is 24.9 Å². The lowest BCUT2D eigenvalue weighted by Gasteiger charge is -2.25. The van der Waals surface area contributed by atoms with Crippen LogP contribution in [0.4, 0.5) is 0 Å². The smallest absolute Gasteiger partial charge is 0.221 e. The second kappa shape index (κ2) is 5.24. The summed E-state index contributed by atoms with van der Waals surface area (Å²) in [5.41, 5.74) is 0.715. The van der Waals surface area contributed by atoms with Gasteiger partial charge in [0.05, 0.1) is 18.3 Å². The number of Topliss-reactive ketones (excluding diaryl/α,β-unsaturated/α-hetero) is 1. The van der Waals surface area contributed by atoms with Crippen LogP contribution in [0, 0.1) is 4.77 Å². The Morgan fingerprint density at radius 2 is 2.23 bits per heavy atom. The normalized spacial score (nSPS) is 27.3. The highest BCUT2D eigenvalue weighted by atomic mass is 35.5. The highest BCUT2D eigenvalue weighted by molar-refractivity contribution is 7.71. The van der Waals surface area contributed by atoms with Crippen molar-refractivity contribution >= 4 is 29.6 Å². The summed E-state index contributed by atoms with van der Waals surface area (Å²) >= 11 is 11.4. The summed E-state index contributed by atoms with van der Waals surface area (Å²) < 4.78 is 14.3. The van der Waals surface area contributed by atoms with Crippen molar-refractivity contribution in [1.82, 2.24) is 19.8 Å². The largest absolute Gasteiger partial charge is 0.343 e. The first-order valence-corrected chi connectivity index (χ1v) is 7.52. The van der Waals surface area contributed by atoms with Gasteiger partial charge in [-0.25, -0.2) is 4.68 Å². The van der Waals surface area contributed by atoms with Crippen molar-refractivity contribution < 1.29 is 14.3 Å². The minimum Gasteiger partial charge on any atom is -0.343 e. The molecule has 0 amide bonds. The molecule has 1 aromatic heterocycles. The number of hydrogen-bond donors (Lipinski definition) is 0. The summed E-state index contributed by atoms with van der Waals surface area (Å²) in [6, 6.07) is 6.85. The lowest BCUT2D eigenvalue weighted by Crippen LogP contribution is -2.37. The van der Waals surface area contributed by atoms with E-state index in [1.807, 2.05) is 6.07 Å². The molecule has 2 aromatic rings. The molecule has 0 spiro atoms. The number of halogens is 1. The Kier molecular flexibility index (Phi) is 3.33. The van der Waals surface area contributed by atoms with Gasteiger partial charge in [-0.1, -0.05) is 17.7 Å². The van der Waals surface area contributed by atoms with Gasteiger partial charge in [0.15, 0.2) is 5.78 Å². The number of tetrazole rings is 1. The van der Waals surface area contributed by atoms with Crippen molar-refractivity contribution in [2.24, 2.45) is 0 Å². The highest BCUT2D eigenvalue weighted by Crippen LogP contribution is 2.32. The fourth-order valence-corrected chi connectivity index (χ4v) is 3.20. The molecule has 114 valence electrons. The van der Waals surface area contributed by atoms with Gasteiger partial charge >= 0.3 is 0 Å². The second-order valence-corrected chi connectivity index (χ2v) is 5.98. The van der Waals surface area contributed by atoms with Crippen LogP contribution in [0.15, 0.2) is 24.3 Å². The van der Waals surface area contributed by atoms with Gasteiger partial charge in [-0.15, -0.1) is 0 Å². The minimum atomic E-state index is -0.738. The Balaban J connectivity index is 1.73. The summed E-state index contributed by atoms with van der Waals surface area (Å²) in [4.78, 5) is 11.9. The van der Waals surface area contributed by atoms with Crippen LogP contribution in [-0.2, 0) is 14.3 Å². The van der Waals surface area contributed by atoms with Crippen molar-refractivity contribution in [3.05, 3.63) is 34.1 Å². The van der Waals surface area contributed by atoms with E-state index in [9.17, 15) is 4.79 Å². The first-order valence-electron chi connectivity index (χ1n) is 6.74. The number of ether oxygens (including phenoxy) is 2. The summed E-state index contributed by atoms with van der Waals surface area (Å²) in [5, 5.41) is 8.74. The van der Waals surface area contributed by atoms with Crippen molar-refractivity contribution in [3.8, 4) is 5.69 Å². The van der Waals surface area contributed by atoms with Crippen molar-refractivity contribution in [2.75, 3.05) is 6.61 Å². The zero-order chi connectivity index (χ0) is 15.3. The van der Waals surface area contributed by atoms with E-state index < -0.39 is 6.29 Å². The van der Waals surface area contributed by atoms with Crippen LogP contribution >= 0.6 is 23.8 Å². The van der Waals surface area contributed by atoms with Gasteiger partial charge in [-0.05, 0) is 40.8 Å². The molecule has 2 aliphatic rings. The monoisotopic (exact) mass is 338 g/mol. The molecule has 22 heavy (non-hydrogen) atoms. The van der Waals surface area contributed by atoms with Crippen LogP contribution in [0.5, 0.6) is 0 Å². The predicted molar refractivity (Wildman–Crippen MR) is 78.5 cm³/mol. The van der Waals surface area contributed by atoms with Crippen molar-refractivity contribution in [3.63, 3.8) is 0 Å². The van der Waals surface area contributed by atoms with Gasteiger partial charge < -0.3 is 9.47 Å². The summed E-state index contributed by atoms with van der Waals surface area (Å²) in [6.45, 7) is 0.354. The molecule has 3 unspecified atom stereocenters. The summed E-state index contributed by atoms with van der Waals surface area (Å²) in [7, 11) is 0. The van der Waals surface area contributed by atoms with Crippen LogP contribution < -0.4 is 0 Å². The highest BCUT2D eigenvalue weighted by Gasteiger charge is 2.45.